The summed E-state index contributed by atoms with van der Waals surface area (Å²) in [5.41, 5.74) is 0.571. The van der Waals surface area contributed by atoms with Crippen molar-refractivity contribution in [3.05, 3.63) is 42.1 Å². The monoisotopic (exact) mass is 618 g/mol. The number of nitrogens with one attached hydrogen (secondary N) is 1. The zero-order valence-corrected chi connectivity index (χ0v) is 27.0. The maximum absolute atomic E-state index is 14.3. The maximum Gasteiger partial charge on any atom is 0.257 e. The standard InChI is InChI=1S/C35H47FN6O3/c1-4-42(24(2)3)31(43)27-17-26(36)5-6-28(27)45-29-18-37-23-38-30(29)41-21-33(22-41)13-15-40(16-14-33)19-25-7-9-35(10-8-25)20-34(11-12-34)32(44)39-35/h5-6,17-18,23-25H,4,7-16,19-22H2,1-3H3,(H,39,44). The van der Waals surface area contributed by atoms with E-state index in [-0.39, 0.29) is 33.9 Å². The van der Waals surface area contributed by atoms with Gasteiger partial charge in [-0.1, -0.05) is 0 Å². The summed E-state index contributed by atoms with van der Waals surface area (Å²) in [7, 11) is 0. The fourth-order valence-electron chi connectivity index (χ4n) is 8.61. The minimum absolute atomic E-state index is 0.0103. The van der Waals surface area contributed by atoms with E-state index in [1.807, 2.05) is 20.8 Å². The first-order chi connectivity index (χ1) is 21.6. The van der Waals surface area contributed by atoms with Crippen molar-refractivity contribution in [1.29, 1.82) is 0 Å². The van der Waals surface area contributed by atoms with Gasteiger partial charge in [0.15, 0.2) is 11.6 Å². The van der Waals surface area contributed by atoms with Crippen molar-refractivity contribution < 1.29 is 18.7 Å². The molecule has 0 unspecified atom stereocenters. The van der Waals surface area contributed by atoms with Crippen molar-refractivity contribution >= 4 is 17.6 Å². The maximum atomic E-state index is 14.3. The lowest BCUT2D eigenvalue weighted by atomic mass is 9.71. The first kappa shape index (κ1) is 30.4. The second-order valence-electron chi connectivity index (χ2n) is 14.9. The number of halogens is 1. The van der Waals surface area contributed by atoms with Gasteiger partial charge in [0.25, 0.3) is 5.91 Å². The summed E-state index contributed by atoms with van der Waals surface area (Å²) >= 11 is 0. The number of aromatic nitrogens is 2. The molecule has 9 nitrogen and oxygen atoms in total. The smallest absolute Gasteiger partial charge is 0.257 e. The van der Waals surface area contributed by atoms with Gasteiger partial charge in [0.2, 0.25) is 5.91 Å². The zero-order valence-electron chi connectivity index (χ0n) is 27.0. The average Bonchev–Trinajstić information content (AvgIpc) is 3.74. The molecule has 2 amide bonds. The summed E-state index contributed by atoms with van der Waals surface area (Å²) in [6.45, 7) is 11.5. The minimum Gasteiger partial charge on any atom is -0.451 e. The van der Waals surface area contributed by atoms with Gasteiger partial charge in [-0.3, -0.25) is 9.59 Å². The molecule has 0 atom stereocenters. The Kier molecular flexibility index (Phi) is 7.77. The second kappa shape index (κ2) is 11.5. The molecule has 5 aliphatic rings. The Morgan fingerprint density at radius 3 is 2.49 bits per heavy atom. The van der Waals surface area contributed by atoms with Crippen LogP contribution in [0.1, 0.15) is 88.9 Å². The highest BCUT2D eigenvalue weighted by Gasteiger charge is 2.61. The van der Waals surface area contributed by atoms with Crippen LogP contribution < -0.4 is 15.0 Å². The number of anilines is 1. The molecule has 7 rings (SSSR count). The number of piperidine rings is 1. The number of carbonyl (C=O) groups excluding carboxylic acids is 2. The molecule has 0 radical (unpaired) electrons. The number of hydrogen-bond acceptors (Lipinski definition) is 7. The highest BCUT2D eigenvalue weighted by molar-refractivity contribution is 5.97. The first-order valence-electron chi connectivity index (χ1n) is 17.0. The lowest BCUT2D eigenvalue weighted by molar-refractivity contribution is -0.124. The first-order valence-corrected chi connectivity index (χ1v) is 17.0. The Labute approximate surface area is 265 Å². The number of rotatable bonds is 8. The molecule has 45 heavy (non-hydrogen) atoms. The number of likely N-dealkylation sites (tertiary alicyclic amines) is 1. The van der Waals surface area contributed by atoms with E-state index in [0.717, 1.165) is 64.2 Å². The van der Waals surface area contributed by atoms with Crippen LogP contribution in [0.3, 0.4) is 0 Å². The SMILES string of the molecule is CCN(C(=O)c1cc(F)ccc1Oc1cncnc1N1CC2(CCN(CC3CCC4(CC3)CC3(CC3)C(=O)N4)CC2)C1)C(C)C. The molecule has 1 aromatic carbocycles. The molecule has 3 saturated heterocycles. The zero-order chi connectivity index (χ0) is 31.4. The fourth-order valence-corrected chi connectivity index (χ4v) is 8.61. The van der Waals surface area contributed by atoms with Gasteiger partial charge in [-0.25, -0.2) is 14.4 Å². The van der Waals surface area contributed by atoms with Crippen LogP contribution in [0.4, 0.5) is 10.2 Å². The van der Waals surface area contributed by atoms with E-state index in [1.54, 1.807) is 11.1 Å². The minimum atomic E-state index is -0.479. The highest BCUT2D eigenvalue weighted by atomic mass is 19.1. The summed E-state index contributed by atoms with van der Waals surface area (Å²) in [6.07, 6.45) is 13.5. The fraction of sp³-hybridized carbons (Fsp3) is 0.657. The number of ether oxygens (including phenoxy) is 1. The van der Waals surface area contributed by atoms with Gasteiger partial charge in [-0.05, 0) is 116 Å². The second-order valence-corrected chi connectivity index (χ2v) is 14.9. The van der Waals surface area contributed by atoms with Gasteiger partial charge < -0.3 is 24.8 Å². The van der Waals surface area contributed by atoms with E-state index in [9.17, 15) is 14.0 Å². The molecule has 3 aliphatic heterocycles. The Morgan fingerprint density at radius 1 is 1.11 bits per heavy atom. The molecular weight excluding hydrogens is 571 g/mol. The van der Waals surface area contributed by atoms with E-state index >= 15 is 0 Å². The number of carbonyl (C=O) groups is 2. The van der Waals surface area contributed by atoms with Crippen LogP contribution in [0.15, 0.2) is 30.7 Å². The van der Waals surface area contributed by atoms with Crippen molar-refractivity contribution in [2.75, 3.05) is 44.2 Å². The Bertz CT molecular complexity index is 1440. The molecule has 1 aromatic heterocycles. The van der Waals surface area contributed by atoms with Gasteiger partial charge in [0.1, 0.15) is 17.9 Å². The summed E-state index contributed by atoms with van der Waals surface area (Å²) in [4.78, 5) is 41.2. The molecule has 2 aromatic rings. The lowest BCUT2D eigenvalue weighted by Gasteiger charge is -2.55. The van der Waals surface area contributed by atoms with E-state index in [2.05, 4.69) is 25.1 Å². The molecule has 242 valence electrons. The van der Waals surface area contributed by atoms with Crippen LogP contribution in [-0.2, 0) is 4.79 Å². The summed E-state index contributed by atoms with van der Waals surface area (Å²) < 4.78 is 20.5. The van der Waals surface area contributed by atoms with E-state index in [4.69, 9.17) is 4.74 Å². The van der Waals surface area contributed by atoms with Gasteiger partial charge in [0, 0.05) is 43.2 Å². The molecule has 2 aliphatic carbocycles. The molecule has 4 heterocycles. The molecule has 1 N–H and O–H groups in total. The largest absolute Gasteiger partial charge is 0.451 e. The van der Waals surface area contributed by atoms with Crippen LogP contribution in [0.2, 0.25) is 0 Å². The van der Waals surface area contributed by atoms with E-state index in [0.29, 0.717) is 29.8 Å². The van der Waals surface area contributed by atoms with Crippen molar-refractivity contribution in [1.82, 2.24) is 25.1 Å². The molecule has 2 saturated carbocycles. The van der Waals surface area contributed by atoms with E-state index < -0.39 is 5.82 Å². The number of nitrogens with zero attached hydrogens (tertiary/aromatic N) is 5. The van der Waals surface area contributed by atoms with Gasteiger partial charge in [-0.2, -0.15) is 0 Å². The normalized spacial score (nSPS) is 26.7. The molecular formula is C35H47FN6O3. The number of benzene rings is 1. The third-order valence-corrected chi connectivity index (χ3v) is 11.5. The average molecular weight is 619 g/mol. The van der Waals surface area contributed by atoms with Crippen molar-refractivity contribution in [3.8, 4) is 11.5 Å². The quantitative estimate of drug-likeness (QED) is 0.423. The molecule has 3 spiro atoms. The lowest BCUT2D eigenvalue weighted by Crippen LogP contribution is -2.61. The highest BCUT2D eigenvalue weighted by Crippen LogP contribution is 2.58. The third kappa shape index (κ3) is 5.79. The van der Waals surface area contributed by atoms with E-state index in [1.165, 1.54) is 56.8 Å². The van der Waals surface area contributed by atoms with Crippen LogP contribution >= 0.6 is 0 Å². The van der Waals surface area contributed by atoms with Crippen molar-refractivity contribution in [2.45, 2.75) is 90.1 Å². The summed E-state index contributed by atoms with van der Waals surface area (Å²) in [6, 6.07) is 4.05. The van der Waals surface area contributed by atoms with Gasteiger partial charge in [-0.15, -0.1) is 0 Å². The Balaban J connectivity index is 0.937. The van der Waals surface area contributed by atoms with Crippen molar-refractivity contribution in [2.24, 2.45) is 16.7 Å². The topological polar surface area (TPSA) is 90.9 Å². The predicted molar refractivity (Wildman–Crippen MR) is 170 cm³/mol. The molecule has 0 bridgehead atoms. The van der Waals surface area contributed by atoms with Crippen LogP contribution in [0.25, 0.3) is 0 Å². The van der Waals surface area contributed by atoms with Crippen molar-refractivity contribution in [3.63, 3.8) is 0 Å². The summed E-state index contributed by atoms with van der Waals surface area (Å²) in [5.74, 6) is 1.80. The van der Waals surface area contributed by atoms with Gasteiger partial charge >= 0.3 is 0 Å². The number of hydrogen-bond donors (Lipinski definition) is 1. The van der Waals surface area contributed by atoms with Gasteiger partial charge in [0.05, 0.1) is 17.2 Å². The van der Waals surface area contributed by atoms with Crippen LogP contribution in [0, 0.1) is 22.6 Å². The molecule has 5 fully saturated rings. The van der Waals surface area contributed by atoms with Crippen LogP contribution in [-0.4, -0.2) is 82.4 Å². The van der Waals surface area contributed by atoms with Crippen LogP contribution in [0.5, 0.6) is 11.5 Å². The Morgan fingerprint density at radius 2 is 1.84 bits per heavy atom. The molecule has 10 heteroatoms. The Hall–Kier alpha value is -3.27. The predicted octanol–water partition coefficient (Wildman–Crippen LogP) is 5.41. The third-order valence-electron chi connectivity index (χ3n) is 11.5. The summed E-state index contributed by atoms with van der Waals surface area (Å²) in [5, 5.41) is 3.42. The number of amides is 2.